The molecule has 0 spiro atoms. The standard InChI is InChI=1S/C24H31N3O6S.ClH/c1-4-11-27-22-16-18(9-10-19(22)17(2)23(27)24(29)30)33-15-13-26(12-14-28)21-8-6-5-7-20(21)25-34(3,31)32;/h5-10,16,25,28H,4,11-15H2,1-3H3,(H,29,30);1H. The molecule has 0 aliphatic carbocycles. The number of aliphatic hydroxyl groups is 1. The zero-order valence-electron chi connectivity index (χ0n) is 20.0. The van der Waals surface area contributed by atoms with Crippen LogP contribution in [0.2, 0.25) is 0 Å². The fourth-order valence-corrected chi connectivity index (χ4v) is 4.68. The van der Waals surface area contributed by atoms with Crippen LogP contribution in [0.5, 0.6) is 5.75 Å². The van der Waals surface area contributed by atoms with E-state index in [4.69, 9.17) is 4.74 Å². The Morgan fingerprint density at radius 2 is 1.89 bits per heavy atom. The third kappa shape index (κ3) is 6.81. The molecule has 0 radical (unpaired) electrons. The Bertz CT molecular complexity index is 1280. The average Bonchev–Trinajstić information content (AvgIpc) is 3.04. The summed E-state index contributed by atoms with van der Waals surface area (Å²) < 4.78 is 33.8. The Balaban J connectivity index is 0.00000432. The molecule has 1 aromatic heterocycles. The predicted molar refractivity (Wildman–Crippen MR) is 141 cm³/mol. The molecular formula is C24H32ClN3O6S. The van der Waals surface area contributed by atoms with Crippen molar-refractivity contribution >= 4 is 50.7 Å². The lowest BCUT2D eigenvalue weighted by Crippen LogP contribution is -2.32. The Morgan fingerprint density at radius 1 is 1.17 bits per heavy atom. The van der Waals surface area contributed by atoms with Crippen LogP contribution < -0.4 is 14.4 Å². The largest absolute Gasteiger partial charge is 0.492 e. The summed E-state index contributed by atoms with van der Waals surface area (Å²) in [5, 5.41) is 20.1. The fourth-order valence-electron chi connectivity index (χ4n) is 4.11. The zero-order valence-corrected chi connectivity index (χ0v) is 21.7. The number of aliphatic hydroxyl groups excluding tert-OH is 1. The van der Waals surface area contributed by atoms with Crippen LogP contribution in [0.15, 0.2) is 42.5 Å². The Morgan fingerprint density at radius 3 is 2.51 bits per heavy atom. The topological polar surface area (TPSA) is 121 Å². The Hall–Kier alpha value is -2.95. The predicted octanol–water partition coefficient (Wildman–Crippen LogP) is 3.73. The molecule has 3 aromatic rings. The second kappa shape index (κ2) is 12.1. The van der Waals surface area contributed by atoms with E-state index >= 15 is 0 Å². The molecule has 0 aliphatic heterocycles. The van der Waals surface area contributed by atoms with Crippen molar-refractivity contribution in [1.82, 2.24) is 4.57 Å². The maximum absolute atomic E-state index is 11.8. The summed E-state index contributed by atoms with van der Waals surface area (Å²) in [5.41, 5.74) is 2.89. The number of fused-ring (bicyclic) bond motifs is 1. The van der Waals surface area contributed by atoms with Gasteiger partial charge in [0.25, 0.3) is 0 Å². The normalized spacial score (nSPS) is 11.2. The van der Waals surface area contributed by atoms with Crippen LogP contribution in [-0.4, -0.2) is 61.7 Å². The minimum atomic E-state index is -3.46. The van der Waals surface area contributed by atoms with E-state index in [1.807, 2.05) is 41.5 Å². The number of aryl methyl sites for hydroxylation is 2. The third-order valence-corrected chi connectivity index (χ3v) is 6.07. The number of hydrogen-bond donors (Lipinski definition) is 3. The fraction of sp³-hybridized carbons (Fsp3) is 0.375. The molecule has 0 atom stereocenters. The highest BCUT2D eigenvalue weighted by Crippen LogP contribution is 2.30. The quantitative estimate of drug-likeness (QED) is 0.329. The molecule has 0 unspecified atom stereocenters. The molecule has 3 rings (SSSR count). The molecule has 0 fully saturated rings. The van der Waals surface area contributed by atoms with Crippen molar-refractivity contribution in [3.05, 3.63) is 53.7 Å². The highest BCUT2D eigenvalue weighted by atomic mass is 35.5. The van der Waals surface area contributed by atoms with Crippen LogP contribution in [-0.2, 0) is 16.6 Å². The minimum absolute atomic E-state index is 0. The lowest BCUT2D eigenvalue weighted by atomic mass is 10.1. The molecular weight excluding hydrogens is 494 g/mol. The maximum atomic E-state index is 11.8. The number of nitrogens with zero attached hydrogens (tertiary/aromatic N) is 2. The summed E-state index contributed by atoms with van der Waals surface area (Å²) in [6, 6.07) is 12.5. The van der Waals surface area contributed by atoms with Crippen LogP contribution >= 0.6 is 12.4 Å². The number of halogens is 1. The number of para-hydroxylation sites is 2. The van der Waals surface area contributed by atoms with E-state index < -0.39 is 16.0 Å². The zero-order chi connectivity index (χ0) is 24.9. The summed E-state index contributed by atoms with van der Waals surface area (Å²) in [7, 11) is -3.46. The average molecular weight is 526 g/mol. The number of sulfonamides is 1. The number of benzene rings is 2. The van der Waals surface area contributed by atoms with Gasteiger partial charge in [0.15, 0.2) is 0 Å². The van der Waals surface area contributed by atoms with Crippen LogP contribution in [0.25, 0.3) is 10.9 Å². The van der Waals surface area contributed by atoms with Crippen molar-refractivity contribution in [2.75, 3.05) is 42.2 Å². The molecule has 3 N–H and O–H groups in total. The van der Waals surface area contributed by atoms with E-state index in [1.54, 1.807) is 24.3 Å². The number of carboxylic acid groups (broad SMARTS) is 1. The van der Waals surface area contributed by atoms with Crippen LogP contribution in [0.1, 0.15) is 29.4 Å². The van der Waals surface area contributed by atoms with E-state index in [9.17, 15) is 23.4 Å². The van der Waals surface area contributed by atoms with E-state index in [2.05, 4.69) is 4.72 Å². The highest BCUT2D eigenvalue weighted by Gasteiger charge is 2.20. The van der Waals surface area contributed by atoms with E-state index in [0.29, 0.717) is 36.8 Å². The van der Waals surface area contributed by atoms with E-state index in [1.165, 1.54) is 0 Å². The van der Waals surface area contributed by atoms with Crippen LogP contribution in [0.4, 0.5) is 11.4 Å². The summed E-state index contributed by atoms with van der Waals surface area (Å²) in [5.74, 6) is -0.351. The molecule has 0 amide bonds. The molecule has 11 heteroatoms. The van der Waals surface area contributed by atoms with Crippen LogP contribution in [0, 0.1) is 6.92 Å². The third-order valence-electron chi connectivity index (χ3n) is 5.48. The minimum Gasteiger partial charge on any atom is -0.492 e. The summed E-state index contributed by atoms with van der Waals surface area (Å²) in [6.45, 7) is 5.26. The molecule has 2 aromatic carbocycles. The van der Waals surface area contributed by atoms with Gasteiger partial charge in [-0.15, -0.1) is 12.4 Å². The molecule has 0 saturated carbocycles. The molecule has 0 saturated heterocycles. The van der Waals surface area contributed by atoms with Gasteiger partial charge >= 0.3 is 5.97 Å². The second-order valence-electron chi connectivity index (χ2n) is 8.06. The second-order valence-corrected chi connectivity index (χ2v) is 9.81. The number of ether oxygens (including phenoxy) is 1. The molecule has 192 valence electrons. The van der Waals surface area contributed by atoms with E-state index in [-0.39, 0.29) is 31.3 Å². The monoisotopic (exact) mass is 525 g/mol. The van der Waals surface area contributed by atoms with Crippen molar-refractivity contribution in [3.8, 4) is 5.75 Å². The number of anilines is 2. The SMILES string of the molecule is CCCn1c(C(=O)O)c(C)c2ccc(OCCN(CCO)c3ccccc3NS(C)(=O)=O)cc21.Cl. The number of aromatic nitrogens is 1. The maximum Gasteiger partial charge on any atom is 0.352 e. The Kier molecular flexibility index (Phi) is 9.82. The summed E-state index contributed by atoms with van der Waals surface area (Å²) in [6.07, 6.45) is 1.89. The number of aromatic carboxylic acids is 1. The van der Waals surface area contributed by atoms with E-state index in [0.717, 1.165) is 29.1 Å². The van der Waals surface area contributed by atoms with Crippen molar-refractivity contribution in [2.45, 2.75) is 26.8 Å². The smallest absolute Gasteiger partial charge is 0.352 e. The van der Waals surface area contributed by atoms with Gasteiger partial charge in [0.1, 0.15) is 18.1 Å². The van der Waals surface area contributed by atoms with Gasteiger partial charge < -0.3 is 24.4 Å². The molecule has 35 heavy (non-hydrogen) atoms. The summed E-state index contributed by atoms with van der Waals surface area (Å²) >= 11 is 0. The van der Waals surface area contributed by atoms with Gasteiger partial charge in [0.05, 0.1) is 36.3 Å². The van der Waals surface area contributed by atoms with Gasteiger partial charge in [-0.2, -0.15) is 0 Å². The van der Waals surface area contributed by atoms with Gasteiger partial charge in [-0.25, -0.2) is 13.2 Å². The number of carbonyl (C=O) groups is 1. The Labute approximate surface area is 211 Å². The van der Waals surface area contributed by atoms with Gasteiger partial charge in [-0.3, -0.25) is 4.72 Å². The van der Waals surface area contributed by atoms with Gasteiger partial charge in [0, 0.05) is 24.5 Å². The lowest BCUT2D eigenvalue weighted by Gasteiger charge is -2.26. The highest BCUT2D eigenvalue weighted by molar-refractivity contribution is 7.92. The molecule has 9 nitrogen and oxygen atoms in total. The lowest BCUT2D eigenvalue weighted by molar-refractivity contribution is 0.0684. The first kappa shape index (κ1) is 28.3. The summed E-state index contributed by atoms with van der Waals surface area (Å²) in [4.78, 5) is 13.7. The first-order chi connectivity index (χ1) is 16.2. The van der Waals surface area contributed by atoms with Crippen molar-refractivity contribution in [3.63, 3.8) is 0 Å². The molecule has 0 aliphatic rings. The van der Waals surface area contributed by atoms with Crippen LogP contribution in [0.3, 0.4) is 0 Å². The van der Waals surface area contributed by atoms with Crippen molar-refractivity contribution in [1.29, 1.82) is 0 Å². The first-order valence-electron chi connectivity index (χ1n) is 11.1. The van der Waals surface area contributed by atoms with Gasteiger partial charge in [-0.1, -0.05) is 19.1 Å². The van der Waals surface area contributed by atoms with Crippen molar-refractivity contribution in [2.24, 2.45) is 0 Å². The number of rotatable bonds is 12. The first-order valence-corrected chi connectivity index (χ1v) is 13.0. The van der Waals surface area contributed by atoms with Gasteiger partial charge in [-0.05, 0) is 43.2 Å². The van der Waals surface area contributed by atoms with Crippen molar-refractivity contribution < 1.29 is 28.2 Å². The molecule has 1 heterocycles. The molecule has 0 bridgehead atoms. The number of nitrogens with one attached hydrogen (secondary N) is 1. The number of carboxylic acids is 1. The van der Waals surface area contributed by atoms with Gasteiger partial charge in [0.2, 0.25) is 10.0 Å². The number of hydrogen-bond acceptors (Lipinski definition) is 6.